The van der Waals surface area contributed by atoms with Crippen LogP contribution in [0.1, 0.15) is 26.2 Å². The van der Waals surface area contributed by atoms with Crippen LogP contribution >= 0.6 is 15.9 Å². The number of hydrogen-bond donors (Lipinski definition) is 1. The molecule has 0 spiro atoms. The zero-order valence-corrected chi connectivity index (χ0v) is 11.5. The summed E-state index contributed by atoms with van der Waals surface area (Å²) in [5, 5.41) is 3.83. The lowest BCUT2D eigenvalue weighted by molar-refractivity contribution is -0.140. The van der Waals surface area contributed by atoms with E-state index in [1.54, 1.807) is 7.11 Å². The fraction of sp³-hybridized carbons (Fsp3) is 0.909. The van der Waals surface area contributed by atoms with Crippen molar-refractivity contribution in [2.75, 3.05) is 25.7 Å². The van der Waals surface area contributed by atoms with E-state index >= 15 is 0 Å². The molecule has 1 N–H and O–H groups in total. The smallest absolute Gasteiger partial charge is 0.252 e. The molecule has 0 aromatic heterocycles. The fourth-order valence-electron chi connectivity index (χ4n) is 1.83. The minimum atomic E-state index is -0.641. The van der Waals surface area contributed by atoms with Crippen molar-refractivity contribution in [2.24, 2.45) is 0 Å². The van der Waals surface area contributed by atoms with Crippen LogP contribution in [0.4, 0.5) is 0 Å². The van der Waals surface area contributed by atoms with Crippen LogP contribution in [0.25, 0.3) is 0 Å². The Labute approximate surface area is 105 Å². The third-order valence-electron chi connectivity index (χ3n) is 2.86. The Kier molecular flexibility index (Phi) is 5.72. The van der Waals surface area contributed by atoms with Crippen molar-refractivity contribution in [1.29, 1.82) is 0 Å². The van der Waals surface area contributed by atoms with Crippen molar-refractivity contribution in [1.82, 2.24) is 5.32 Å². The predicted octanol–water partition coefficient (Wildman–Crippen LogP) is 1.47. The second-order valence-electron chi connectivity index (χ2n) is 4.29. The SMILES string of the molecule is COCC(CCBr)NC(=O)C1(C)CCCO1. The molecule has 1 fully saturated rings. The van der Waals surface area contributed by atoms with Crippen LogP contribution in [0.5, 0.6) is 0 Å². The molecule has 94 valence electrons. The Hall–Kier alpha value is -0.130. The molecule has 1 rings (SSSR count). The molecule has 1 aliphatic rings. The van der Waals surface area contributed by atoms with Crippen molar-refractivity contribution in [3.8, 4) is 0 Å². The molecule has 0 bridgehead atoms. The van der Waals surface area contributed by atoms with Gasteiger partial charge in [0, 0.05) is 19.0 Å². The van der Waals surface area contributed by atoms with E-state index in [0.717, 1.165) is 24.6 Å². The first-order valence-corrected chi connectivity index (χ1v) is 6.74. The molecule has 4 nitrogen and oxygen atoms in total. The van der Waals surface area contributed by atoms with Crippen LogP contribution in [0, 0.1) is 0 Å². The number of alkyl halides is 1. The summed E-state index contributed by atoms with van der Waals surface area (Å²) in [6, 6.07) is 0.0536. The Morgan fingerprint density at radius 2 is 2.44 bits per heavy atom. The molecule has 5 heteroatoms. The van der Waals surface area contributed by atoms with Crippen molar-refractivity contribution in [3.63, 3.8) is 0 Å². The van der Waals surface area contributed by atoms with E-state index in [2.05, 4.69) is 21.2 Å². The van der Waals surface area contributed by atoms with Crippen molar-refractivity contribution < 1.29 is 14.3 Å². The Morgan fingerprint density at radius 3 is 2.94 bits per heavy atom. The molecule has 1 aliphatic heterocycles. The van der Waals surface area contributed by atoms with Crippen LogP contribution < -0.4 is 5.32 Å². The highest BCUT2D eigenvalue weighted by molar-refractivity contribution is 9.09. The molecule has 0 aromatic rings. The topological polar surface area (TPSA) is 47.6 Å². The van der Waals surface area contributed by atoms with Gasteiger partial charge in [0.1, 0.15) is 5.60 Å². The summed E-state index contributed by atoms with van der Waals surface area (Å²) in [7, 11) is 1.64. The van der Waals surface area contributed by atoms with Gasteiger partial charge in [-0.15, -0.1) is 0 Å². The third kappa shape index (κ3) is 3.71. The lowest BCUT2D eigenvalue weighted by atomic mass is 10.0. The standard InChI is InChI=1S/C11H20BrNO3/c1-11(5-3-7-16-11)10(14)13-9(4-6-12)8-15-2/h9H,3-8H2,1-2H3,(H,13,14). The number of methoxy groups -OCH3 is 1. The van der Waals surface area contributed by atoms with E-state index in [1.165, 1.54) is 0 Å². The van der Waals surface area contributed by atoms with E-state index in [0.29, 0.717) is 13.2 Å². The monoisotopic (exact) mass is 293 g/mol. The fourth-order valence-corrected chi connectivity index (χ4v) is 2.38. The molecule has 2 atom stereocenters. The van der Waals surface area contributed by atoms with Crippen molar-refractivity contribution >= 4 is 21.8 Å². The second kappa shape index (κ2) is 6.57. The van der Waals surface area contributed by atoms with Gasteiger partial charge in [-0.3, -0.25) is 4.79 Å². The van der Waals surface area contributed by atoms with Crippen LogP contribution in [0.15, 0.2) is 0 Å². The minimum Gasteiger partial charge on any atom is -0.383 e. The van der Waals surface area contributed by atoms with Gasteiger partial charge in [-0.25, -0.2) is 0 Å². The maximum atomic E-state index is 12.0. The van der Waals surface area contributed by atoms with Gasteiger partial charge in [0.15, 0.2) is 0 Å². The first kappa shape index (κ1) is 13.9. The molecule has 16 heavy (non-hydrogen) atoms. The summed E-state index contributed by atoms with van der Waals surface area (Å²) in [6.07, 6.45) is 2.61. The van der Waals surface area contributed by atoms with Gasteiger partial charge in [0.25, 0.3) is 5.91 Å². The highest BCUT2D eigenvalue weighted by Gasteiger charge is 2.38. The van der Waals surface area contributed by atoms with Crippen molar-refractivity contribution in [2.45, 2.75) is 37.8 Å². The van der Waals surface area contributed by atoms with Gasteiger partial charge in [0.05, 0.1) is 12.6 Å². The molecule has 0 aliphatic carbocycles. The van der Waals surface area contributed by atoms with Crippen LogP contribution in [0.3, 0.4) is 0 Å². The van der Waals surface area contributed by atoms with Gasteiger partial charge in [-0.05, 0) is 26.2 Å². The number of ether oxygens (including phenoxy) is 2. The molecular weight excluding hydrogens is 274 g/mol. The third-order valence-corrected chi connectivity index (χ3v) is 3.32. The Balaban J connectivity index is 2.46. The number of nitrogens with one attached hydrogen (secondary N) is 1. The summed E-state index contributed by atoms with van der Waals surface area (Å²) >= 11 is 3.37. The summed E-state index contributed by atoms with van der Waals surface area (Å²) in [5.74, 6) is -0.0204. The molecule has 1 amide bonds. The van der Waals surface area contributed by atoms with Crippen LogP contribution in [-0.2, 0) is 14.3 Å². The summed E-state index contributed by atoms with van der Waals surface area (Å²) < 4.78 is 10.6. The number of rotatable bonds is 6. The lowest BCUT2D eigenvalue weighted by Gasteiger charge is -2.25. The highest BCUT2D eigenvalue weighted by atomic mass is 79.9. The van der Waals surface area contributed by atoms with Gasteiger partial charge >= 0.3 is 0 Å². The molecule has 0 aromatic carbocycles. The van der Waals surface area contributed by atoms with Gasteiger partial charge in [-0.2, -0.15) is 0 Å². The number of carbonyl (C=O) groups excluding carboxylic acids is 1. The zero-order valence-electron chi connectivity index (χ0n) is 9.92. The number of halogens is 1. The predicted molar refractivity (Wildman–Crippen MR) is 65.8 cm³/mol. The van der Waals surface area contributed by atoms with E-state index in [-0.39, 0.29) is 11.9 Å². The first-order valence-electron chi connectivity index (χ1n) is 5.62. The van der Waals surface area contributed by atoms with Gasteiger partial charge < -0.3 is 14.8 Å². The van der Waals surface area contributed by atoms with E-state index in [4.69, 9.17) is 9.47 Å². The molecule has 1 saturated heterocycles. The molecule has 0 saturated carbocycles. The van der Waals surface area contributed by atoms with Gasteiger partial charge in [0.2, 0.25) is 0 Å². The normalized spacial score (nSPS) is 26.7. The zero-order chi connectivity index (χ0) is 12.0. The quantitative estimate of drug-likeness (QED) is 0.755. The minimum absolute atomic E-state index is 0.0204. The van der Waals surface area contributed by atoms with Crippen molar-refractivity contribution in [3.05, 3.63) is 0 Å². The van der Waals surface area contributed by atoms with E-state index in [9.17, 15) is 4.79 Å². The molecule has 1 heterocycles. The Bertz CT molecular complexity index is 223. The maximum Gasteiger partial charge on any atom is 0.252 e. The number of carbonyl (C=O) groups is 1. The lowest BCUT2D eigenvalue weighted by Crippen LogP contribution is -2.49. The second-order valence-corrected chi connectivity index (χ2v) is 5.08. The van der Waals surface area contributed by atoms with E-state index in [1.807, 2.05) is 6.92 Å². The highest BCUT2D eigenvalue weighted by Crippen LogP contribution is 2.25. The summed E-state index contributed by atoms with van der Waals surface area (Å²) in [6.45, 7) is 3.07. The van der Waals surface area contributed by atoms with E-state index < -0.39 is 5.60 Å². The van der Waals surface area contributed by atoms with Crippen LogP contribution in [0.2, 0.25) is 0 Å². The van der Waals surface area contributed by atoms with Gasteiger partial charge in [-0.1, -0.05) is 15.9 Å². The average Bonchev–Trinajstić information content (AvgIpc) is 2.67. The maximum absolute atomic E-state index is 12.0. The largest absolute Gasteiger partial charge is 0.383 e. The summed E-state index contributed by atoms with van der Waals surface area (Å²) in [4.78, 5) is 12.0. The summed E-state index contributed by atoms with van der Waals surface area (Å²) in [5.41, 5.74) is -0.641. The number of amides is 1. The first-order chi connectivity index (χ1) is 7.62. The van der Waals surface area contributed by atoms with Crippen LogP contribution in [-0.4, -0.2) is 43.2 Å². The Morgan fingerprint density at radius 1 is 1.69 bits per heavy atom. The molecule has 0 radical (unpaired) electrons. The molecule has 2 unspecified atom stereocenters. The molecular formula is C11H20BrNO3. The average molecular weight is 294 g/mol. The number of hydrogen-bond acceptors (Lipinski definition) is 3.